The fourth-order valence-electron chi connectivity index (χ4n) is 1.50. The van der Waals surface area contributed by atoms with Gasteiger partial charge in [-0.25, -0.2) is 0 Å². The maximum absolute atomic E-state index is 11.5. The highest BCUT2D eigenvalue weighted by molar-refractivity contribution is 5.88. The van der Waals surface area contributed by atoms with Crippen molar-refractivity contribution in [1.82, 2.24) is 0 Å². The molecule has 0 rings (SSSR count). The summed E-state index contributed by atoms with van der Waals surface area (Å²) >= 11 is 0. The van der Waals surface area contributed by atoms with Gasteiger partial charge in [0.25, 0.3) is 0 Å². The molecule has 0 amide bonds. The highest BCUT2D eigenvalue weighted by atomic mass is 16.1. The van der Waals surface area contributed by atoms with Crippen molar-refractivity contribution in [1.29, 1.82) is 0 Å². The van der Waals surface area contributed by atoms with Crippen molar-refractivity contribution in [2.75, 3.05) is 0 Å². The van der Waals surface area contributed by atoms with Gasteiger partial charge in [-0.2, -0.15) is 0 Å². The molecular formula is C14H18O2. The summed E-state index contributed by atoms with van der Waals surface area (Å²) in [6, 6.07) is 0. The molecule has 0 aliphatic carbocycles. The fraction of sp³-hybridized carbons (Fsp3) is 0.571. The summed E-state index contributed by atoms with van der Waals surface area (Å²) in [6.45, 7) is 1.79. The van der Waals surface area contributed by atoms with Crippen molar-refractivity contribution in [3.8, 4) is 24.7 Å². The number of carbonyl (C=O) groups is 2. The minimum Gasteiger partial charge on any atom is -0.300 e. The molecule has 86 valence electrons. The Morgan fingerprint density at radius 1 is 1.25 bits per heavy atom. The van der Waals surface area contributed by atoms with Crippen LogP contribution in [0.4, 0.5) is 0 Å². The van der Waals surface area contributed by atoms with E-state index in [-0.39, 0.29) is 23.9 Å². The van der Waals surface area contributed by atoms with Crippen molar-refractivity contribution in [3.63, 3.8) is 0 Å². The monoisotopic (exact) mass is 218 g/mol. The predicted molar refractivity (Wildman–Crippen MR) is 64.5 cm³/mol. The van der Waals surface area contributed by atoms with E-state index in [2.05, 4.69) is 11.8 Å². The Hall–Kier alpha value is -1.54. The molecule has 0 radical (unpaired) electrons. The lowest BCUT2D eigenvalue weighted by molar-refractivity contribution is -0.127. The van der Waals surface area contributed by atoms with Crippen LogP contribution in [0, 0.1) is 30.6 Å². The van der Waals surface area contributed by atoms with Gasteiger partial charge in [-0.3, -0.25) is 9.59 Å². The topological polar surface area (TPSA) is 34.1 Å². The van der Waals surface area contributed by atoms with Crippen LogP contribution in [0.3, 0.4) is 0 Å². The zero-order chi connectivity index (χ0) is 12.4. The molecule has 0 spiro atoms. The van der Waals surface area contributed by atoms with Gasteiger partial charge >= 0.3 is 0 Å². The van der Waals surface area contributed by atoms with E-state index in [1.165, 1.54) is 0 Å². The Labute approximate surface area is 97.8 Å². The first kappa shape index (κ1) is 14.5. The number of terminal acetylenes is 2. The highest BCUT2D eigenvalue weighted by Crippen LogP contribution is 2.14. The van der Waals surface area contributed by atoms with E-state index >= 15 is 0 Å². The summed E-state index contributed by atoms with van der Waals surface area (Å²) in [4.78, 5) is 23.0. The van der Waals surface area contributed by atoms with Crippen LogP contribution in [-0.4, -0.2) is 11.6 Å². The van der Waals surface area contributed by atoms with Gasteiger partial charge in [0.2, 0.25) is 0 Å². The maximum atomic E-state index is 11.5. The van der Waals surface area contributed by atoms with Crippen LogP contribution < -0.4 is 0 Å². The molecule has 0 aromatic heterocycles. The van der Waals surface area contributed by atoms with E-state index < -0.39 is 0 Å². The van der Waals surface area contributed by atoms with E-state index in [1.807, 2.05) is 0 Å². The second-order valence-electron chi connectivity index (χ2n) is 3.73. The molecule has 2 nitrogen and oxygen atoms in total. The number of carbonyl (C=O) groups excluding carboxylic acids is 2. The van der Waals surface area contributed by atoms with Crippen LogP contribution in [0.5, 0.6) is 0 Å². The van der Waals surface area contributed by atoms with E-state index in [9.17, 15) is 9.59 Å². The number of unbranched alkanes of at least 4 members (excludes halogenated alkanes) is 1. The molecule has 0 aromatic rings. The highest BCUT2D eigenvalue weighted by Gasteiger charge is 2.18. The Morgan fingerprint density at radius 2 is 1.94 bits per heavy atom. The van der Waals surface area contributed by atoms with Crippen LogP contribution in [0.25, 0.3) is 0 Å². The van der Waals surface area contributed by atoms with Gasteiger partial charge in [0.1, 0.15) is 11.6 Å². The number of hydrogen-bond donors (Lipinski definition) is 0. The summed E-state index contributed by atoms with van der Waals surface area (Å²) in [5, 5.41) is 0. The quantitative estimate of drug-likeness (QED) is 0.463. The van der Waals surface area contributed by atoms with Crippen molar-refractivity contribution >= 4 is 11.6 Å². The van der Waals surface area contributed by atoms with E-state index in [1.54, 1.807) is 6.92 Å². The zero-order valence-electron chi connectivity index (χ0n) is 9.79. The third kappa shape index (κ3) is 6.04. The van der Waals surface area contributed by atoms with Crippen LogP contribution in [0.2, 0.25) is 0 Å². The lowest BCUT2D eigenvalue weighted by Crippen LogP contribution is -2.17. The summed E-state index contributed by atoms with van der Waals surface area (Å²) in [5.74, 6) is 4.79. The lowest BCUT2D eigenvalue weighted by atomic mass is 9.91. The maximum Gasteiger partial charge on any atom is 0.137 e. The smallest absolute Gasteiger partial charge is 0.137 e. The third-order valence-electron chi connectivity index (χ3n) is 2.42. The van der Waals surface area contributed by atoms with Crippen molar-refractivity contribution < 1.29 is 9.59 Å². The second-order valence-corrected chi connectivity index (χ2v) is 3.73. The molecule has 0 saturated heterocycles. The molecule has 1 unspecified atom stereocenters. The molecular weight excluding hydrogens is 200 g/mol. The minimum absolute atomic E-state index is 0.0725. The largest absolute Gasteiger partial charge is 0.300 e. The van der Waals surface area contributed by atoms with E-state index in [4.69, 9.17) is 12.8 Å². The normalized spacial score (nSPS) is 11.2. The molecule has 0 bridgehead atoms. The standard InChI is InChI=1S/C14H18O2/c1-4-7-8-10-13(15)11-12(9-5-2)14(16)6-3/h1-2,12H,6-11H2,3H3. The molecule has 0 heterocycles. The number of hydrogen-bond acceptors (Lipinski definition) is 2. The average molecular weight is 218 g/mol. The molecule has 0 aliphatic rings. The van der Waals surface area contributed by atoms with Gasteiger partial charge in [-0.05, 0) is 6.42 Å². The number of rotatable bonds is 8. The van der Waals surface area contributed by atoms with Crippen LogP contribution >= 0.6 is 0 Å². The van der Waals surface area contributed by atoms with Crippen molar-refractivity contribution in [2.24, 2.45) is 5.92 Å². The van der Waals surface area contributed by atoms with Gasteiger partial charge in [-0.15, -0.1) is 24.7 Å². The summed E-state index contributed by atoms with van der Waals surface area (Å²) < 4.78 is 0. The molecule has 0 fully saturated rings. The Balaban J connectivity index is 4.10. The SMILES string of the molecule is C#CCCCC(=O)CC(CC#C)C(=O)CC. The Bertz CT molecular complexity index is 315. The molecule has 0 aliphatic heterocycles. The van der Waals surface area contributed by atoms with Gasteiger partial charge in [0.05, 0.1) is 0 Å². The third-order valence-corrected chi connectivity index (χ3v) is 2.42. The Morgan fingerprint density at radius 3 is 2.44 bits per heavy atom. The van der Waals surface area contributed by atoms with Crippen molar-refractivity contribution in [3.05, 3.63) is 0 Å². The number of ketones is 2. The van der Waals surface area contributed by atoms with Gasteiger partial charge in [0.15, 0.2) is 0 Å². The summed E-state index contributed by atoms with van der Waals surface area (Å²) in [7, 11) is 0. The first-order valence-electron chi connectivity index (χ1n) is 5.57. The van der Waals surface area contributed by atoms with E-state index in [0.717, 1.165) is 0 Å². The first-order valence-corrected chi connectivity index (χ1v) is 5.57. The molecule has 1 atom stereocenters. The van der Waals surface area contributed by atoms with Gasteiger partial charge in [0, 0.05) is 38.0 Å². The summed E-state index contributed by atoms with van der Waals surface area (Å²) in [6.07, 6.45) is 13.1. The van der Waals surface area contributed by atoms with Gasteiger partial charge in [-0.1, -0.05) is 6.92 Å². The van der Waals surface area contributed by atoms with Crippen LogP contribution in [-0.2, 0) is 9.59 Å². The van der Waals surface area contributed by atoms with E-state index in [0.29, 0.717) is 32.1 Å². The van der Waals surface area contributed by atoms with Gasteiger partial charge < -0.3 is 0 Å². The summed E-state index contributed by atoms with van der Waals surface area (Å²) in [5.41, 5.74) is 0. The molecule has 0 aromatic carbocycles. The molecule has 2 heteroatoms. The minimum atomic E-state index is -0.298. The predicted octanol–water partition coefficient (Wildman–Crippen LogP) is 2.37. The Kier molecular flexibility index (Phi) is 7.90. The molecule has 0 N–H and O–H groups in total. The molecule has 16 heavy (non-hydrogen) atoms. The molecule has 0 saturated carbocycles. The van der Waals surface area contributed by atoms with Crippen LogP contribution in [0.1, 0.15) is 45.4 Å². The van der Waals surface area contributed by atoms with Crippen LogP contribution in [0.15, 0.2) is 0 Å². The number of Topliss-reactive ketones (excluding diaryl/α,β-unsaturated/α-hetero) is 2. The lowest BCUT2D eigenvalue weighted by Gasteiger charge is -2.10. The van der Waals surface area contributed by atoms with Crippen molar-refractivity contribution in [2.45, 2.75) is 45.4 Å². The average Bonchev–Trinajstić information content (AvgIpc) is 2.28. The fourth-order valence-corrected chi connectivity index (χ4v) is 1.50. The zero-order valence-corrected chi connectivity index (χ0v) is 9.79. The first-order chi connectivity index (χ1) is 7.65. The second kappa shape index (κ2) is 8.74.